The van der Waals surface area contributed by atoms with Gasteiger partial charge in [0.2, 0.25) is 0 Å². The number of carbonyl (C=O) groups excluding carboxylic acids is 1. The lowest BCUT2D eigenvalue weighted by Gasteiger charge is -2.12. The minimum atomic E-state index is -0.183. The van der Waals surface area contributed by atoms with E-state index >= 15 is 0 Å². The van der Waals surface area contributed by atoms with Gasteiger partial charge in [-0.05, 0) is 61.9 Å². The Bertz CT molecular complexity index is 1200. The minimum Gasteiger partial charge on any atom is -0.494 e. The minimum absolute atomic E-state index is 0.183. The zero-order valence-electron chi connectivity index (χ0n) is 16.7. The molecule has 30 heavy (non-hydrogen) atoms. The molecule has 2 aromatic carbocycles. The average molecular weight is 421 g/mol. The maximum absolute atomic E-state index is 12.7. The van der Waals surface area contributed by atoms with E-state index in [4.69, 9.17) is 16.3 Å². The van der Waals surface area contributed by atoms with Crippen molar-refractivity contribution in [2.45, 2.75) is 20.4 Å². The molecule has 4 rings (SSSR count). The summed E-state index contributed by atoms with van der Waals surface area (Å²) in [7, 11) is 0. The van der Waals surface area contributed by atoms with Gasteiger partial charge < -0.3 is 10.1 Å². The van der Waals surface area contributed by atoms with Crippen molar-refractivity contribution in [3.8, 4) is 11.4 Å². The topological polar surface area (TPSA) is 69.0 Å². The highest BCUT2D eigenvalue weighted by Gasteiger charge is 2.15. The Kier molecular flexibility index (Phi) is 5.68. The van der Waals surface area contributed by atoms with E-state index in [1.165, 1.54) is 0 Å². The number of nitrogens with one attached hydrogen (secondary N) is 1. The van der Waals surface area contributed by atoms with Crippen LogP contribution in [0.1, 0.15) is 28.7 Å². The van der Waals surface area contributed by atoms with Gasteiger partial charge in [-0.15, -0.1) is 0 Å². The number of carbonyl (C=O) groups is 1. The second-order valence-electron chi connectivity index (χ2n) is 6.77. The van der Waals surface area contributed by atoms with Crippen molar-refractivity contribution in [1.82, 2.24) is 19.9 Å². The SMILES string of the molecule is CCOc1ccc(CNC(=O)c2ccc(Cl)c(-n3c(C)nc4cccnc43)c2)cc1. The van der Waals surface area contributed by atoms with E-state index in [2.05, 4.69) is 15.3 Å². The highest BCUT2D eigenvalue weighted by Crippen LogP contribution is 2.27. The number of fused-ring (bicyclic) bond motifs is 1. The van der Waals surface area contributed by atoms with Gasteiger partial charge in [-0.2, -0.15) is 0 Å². The summed E-state index contributed by atoms with van der Waals surface area (Å²) >= 11 is 6.46. The molecule has 152 valence electrons. The first kappa shape index (κ1) is 19.9. The Hall–Kier alpha value is -3.38. The van der Waals surface area contributed by atoms with Crippen LogP contribution < -0.4 is 10.1 Å². The van der Waals surface area contributed by atoms with Gasteiger partial charge in [0.25, 0.3) is 5.91 Å². The molecule has 7 heteroatoms. The fourth-order valence-corrected chi connectivity index (χ4v) is 3.50. The summed E-state index contributed by atoms with van der Waals surface area (Å²) < 4.78 is 7.31. The predicted octanol–water partition coefficient (Wildman–Crippen LogP) is 4.71. The van der Waals surface area contributed by atoms with Crippen LogP contribution in [0.2, 0.25) is 5.02 Å². The molecule has 0 spiro atoms. The molecule has 0 atom stereocenters. The molecule has 2 aromatic heterocycles. The summed E-state index contributed by atoms with van der Waals surface area (Å²) in [6, 6.07) is 16.6. The summed E-state index contributed by atoms with van der Waals surface area (Å²) in [5.74, 6) is 1.38. The van der Waals surface area contributed by atoms with Gasteiger partial charge in [-0.1, -0.05) is 23.7 Å². The molecule has 0 saturated heterocycles. The summed E-state index contributed by atoms with van der Waals surface area (Å²) in [6.07, 6.45) is 1.71. The van der Waals surface area contributed by atoms with Crippen molar-refractivity contribution in [3.63, 3.8) is 0 Å². The van der Waals surface area contributed by atoms with Gasteiger partial charge in [0.1, 0.15) is 17.1 Å². The standard InChI is InChI=1S/C23H21ClN4O2/c1-3-30-18-9-6-16(7-10-18)14-26-23(29)17-8-11-19(24)21(13-17)28-15(2)27-20-5-4-12-25-22(20)28/h4-13H,3,14H2,1-2H3,(H,26,29). The fourth-order valence-electron chi connectivity index (χ4n) is 3.29. The van der Waals surface area contributed by atoms with E-state index in [9.17, 15) is 4.79 Å². The molecule has 4 aromatic rings. The molecule has 0 aliphatic rings. The van der Waals surface area contributed by atoms with Crippen LogP contribution in [0.15, 0.2) is 60.8 Å². The highest BCUT2D eigenvalue weighted by atomic mass is 35.5. The van der Waals surface area contributed by atoms with Crippen LogP contribution in [0.25, 0.3) is 16.9 Å². The molecule has 6 nitrogen and oxygen atoms in total. The van der Waals surface area contributed by atoms with E-state index in [1.807, 2.05) is 54.8 Å². The smallest absolute Gasteiger partial charge is 0.251 e. The van der Waals surface area contributed by atoms with Crippen LogP contribution in [0.4, 0.5) is 0 Å². The van der Waals surface area contributed by atoms with E-state index in [0.29, 0.717) is 35.1 Å². The van der Waals surface area contributed by atoms with Crippen molar-refractivity contribution in [2.75, 3.05) is 6.61 Å². The first-order chi connectivity index (χ1) is 14.6. The molecular formula is C23H21ClN4O2. The number of pyridine rings is 1. The average Bonchev–Trinajstić information content (AvgIpc) is 3.09. The highest BCUT2D eigenvalue weighted by molar-refractivity contribution is 6.32. The number of aromatic nitrogens is 3. The van der Waals surface area contributed by atoms with Crippen LogP contribution in [0.5, 0.6) is 5.75 Å². The first-order valence-electron chi connectivity index (χ1n) is 9.66. The number of ether oxygens (including phenoxy) is 1. The lowest BCUT2D eigenvalue weighted by atomic mass is 10.1. The Balaban J connectivity index is 1.57. The van der Waals surface area contributed by atoms with E-state index in [-0.39, 0.29) is 5.91 Å². The third-order valence-electron chi connectivity index (χ3n) is 4.72. The molecule has 0 fully saturated rings. The van der Waals surface area contributed by atoms with Gasteiger partial charge in [0.05, 0.1) is 17.3 Å². The van der Waals surface area contributed by atoms with Crippen LogP contribution in [0.3, 0.4) is 0 Å². The fraction of sp³-hybridized carbons (Fsp3) is 0.174. The van der Waals surface area contributed by atoms with Gasteiger partial charge in [0, 0.05) is 18.3 Å². The van der Waals surface area contributed by atoms with Crippen molar-refractivity contribution in [2.24, 2.45) is 0 Å². The van der Waals surface area contributed by atoms with E-state index in [1.54, 1.807) is 24.4 Å². The molecule has 0 radical (unpaired) electrons. The summed E-state index contributed by atoms with van der Waals surface area (Å²) in [4.78, 5) is 21.7. The maximum Gasteiger partial charge on any atom is 0.251 e. The largest absolute Gasteiger partial charge is 0.494 e. The second kappa shape index (κ2) is 8.55. The van der Waals surface area contributed by atoms with Crippen molar-refractivity contribution in [3.05, 3.63) is 82.8 Å². The normalized spacial score (nSPS) is 10.9. The number of hydrogen-bond acceptors (Lipinski definition) is 4. The van der Waals surface area contributed by atoms with Gasteiger partial charge in [-0.3, -0.25) is 9.36 Å². The monoisotopic (exact) mass is 420 g/mol. The van der Waals surface area contributed by atoms with Crippen molar-refractivity contribution >= 4 is 28.7 Å². The summed E-state index contributed by atoms with van der Waals surface area (Å²) in [6.45, 7) is 4.86. The molecule has 0 bridgehead atoms. The first-order valence-corrected chi connectivity index (χ1v) is 10.0. The molecule has 0 saturated carbocycles. The second-order valence-corrected chi connectivity index (χ2v) is 7.17. The summed E-state index contributed by atoms with van der Waals surface area (Å²) in [5, 5.41) is 3.47. The number of halogens is 1. The Morgan fingerprint density at radius 1 is 1.17 bits per heavy atom. The van der Waals surface area contributed by atoms with E-state index < -0.39 is 0 Å². The van der Waals surface area contributed by atoms with Crippen LogP contribution in [-0.2, 0) is 6.54 Å². The number of aryl methyl sites for hydroxylation is 1. The zero-order valence-corrected chi connectivity index (χ0v) is 17.5. The number of rotatable bonds is 6. The number of nitrogens with zero attached hydrogens (tertiary/aromatic N) is 3. The molecule has 0 unspecified atom stereocenters. The van der Waals surface area contributed by atoms with Crippen molar-refractivity contribution < 1.29 is 9.53 Å². The lowest BCUT2D eigenvalue weighted by Crippen LogP contribution is -2.23. The molecule has 1 N–H and O–H groups in total. The number of imidazole rings is 1. The van der Waals surface area contributed by atoms with Gasteiger partial charge >= 0.3 is 0 Å². The maximum atomic E-state index is 12.7. The number of amides is 1. The van der Waals surface area contributed by atoms with E-state index in [0.717, 1.165) is 22.7 Å². The van der Waals surface area contributed by atoms with Gasteiger partial charge in [0.15, 0.2) is 5.65 Å². The Morgan fingerprint density at radius 3 is 2.73 bits per heavy atom. The van der Waals surface area contributed by atoms with Crippen LogP contribution in [-0.4, -0.2) is 27.0 Å². The number of hydrogen-bond donors (Lipinski definition) is 1. The number of benzene rings is 2. The van der Waals surface area contributed by atoms with Gasteiger partial charge in [-0.25, -0.2) is 9.97 Å². The third kappa shape index (κ3) is 4.00. The van der Waals surface area contributed by atoms with Crippen molar-refractivity contribution in [1.29, 1.82) is 0 Å². The third-order valence-corrected chi connectivity index (χ3v) is 5.04. The quantitative estimate of drug-likeness (QED) is 0.490. The molecule has 2 heterocycles. The van der Waals surface area contributed by atoms with Crippen LogP contribution >= 0.6 is 11.6 Å². The molecular weight excluding hydrogens is 400 g/mol. The molecule has 0 aliphatic carbocycles. The predicted molar refractivity (Wildman–Crippen MR) is 117 cm³/mol. The Labute approximate surface area is 179 Å². The molecule has 1 amide bonds. The zero-order chi connectivity index (χ0) is 21.1. The molecule has 0 aliphatic heterocycles. The van der Waals surface area contributed by atoms with Crippen LogP contribution in [0, 0.1) is 6.92 Å². The Morgan fingerprint density at radius 2 is 1.97 bits per heavy atom. The lowest BCUT2D eigenvalue weighted by molar-refractivity contribution is 0.0951. The summed E-state index contributed by atoms with van der Waals surface area (Å²) in [5.41, 5.74) is 3.64.